The van der Waals surface area contributed by atoms with Crippen molar-refractivity contribution in [2.24, 2.45) is 0 Å². The fourth-order valence-electron chi connectivity index (χ4n) is 1.95. The summed E-state index contributed by atoms with van der Waals surface area (Å²) in [6.07, 6.45) is 0. The Bertz CT molecular complexity index is 914. The third-order valence-electron chi connectivity index (χ3n) is 3.23. The quantitative estimate of drug-likeness (QED) is 0.615. The molecule has 0 saturated carbocycles. The molecule has 10 heteroatoms. The maximum absolute atomic E-state index is 12.4. The van der Waals surface area contributed by atoms with Gasteiger partial charge in [-0.1, -0.05) is 11.6 Å². The van der Waals surface area contributed by atoms with Crippen molar-refractivity contribution in [3.8, 4) is 11.5 Å². The van der Waals surface area contributed by atoms with E-state index >= 15 is 0 Å². The minimum absolute atomic E-state index is 0.0397. The van der Waals surface area contributed by atoms with Crippen LogP contribution in [0.15, 0.2) is 35.2 Å². The number of nitrogens with zero attached hydrogens (tertiary/aromatic N) is 1. The standard InChI is InChI=1S/C14H13ClN2O6S/c1-8-11(15)6-10(7-12(8)17(19)20)24(21,22)16-9-3-4-14(23-2)13(18)5-9/h3-7,16,18H,1-2H3. The first-order valence-electron chi connectivity index (χ1n) is 6.50. The summed E-state index contributed by atoms with van der Waals surface area (Å²) in [5.41, 5.74) is -0.171. The van der Waals surface area contributed by atoms with Crippen molar-refractivity contribution in [1.29, 1.82) is 0 Å². The van der Waals surface area contributed by atoms with Crippen LogP contribution in [0.1, 0.15) is 5.56 Å². The van der Waals surface area contributed by atoms with Crippen LogP contribution in [0.25, 0.3) is 0 Å². The van der Waals surface area contributed by atoms with Gasteiger partial charge in [-0.05, 0) is 25.1 Å². The Balaban J connectivity index is 2.44. The third kappa shape index (κ3) is 3.52. The molecule has 0 fully saturated rings. The minimum Gasteiger partial charge on any atom is -0.504 e. The Morgan fingerprint density at radius 2 is 1.96 bits per heavy atom. The summed E-state index contributed by atoms with van der Waals surface area (Å²) >= 11 is 5.88. The highest BCUT2D eigenvalue weighted by atomic mass is 35.5. The summed E-state index contributed by atoms with van der Waals surface area (Å²) in [7, 11) is -2.78. The van der Waals surface area contributed by atoms with E-state index in [2.05, 4.69) is 4.72 Å². The Labute approximate surface area is 142 Å². The first-order chi connectivity index (χ1) is 11.2. The molecule has 8 nitrogen and oxygen atoms in total. The molecule has 2 aromatic carbocycles. The lowest BCUT2D eigenvalue weighted by molar-refractivity contribution is -0.385. The summed E-state index contributed by atoms with van der Waals surface area (Å²) in [6.45, 7) is 1.42. The average molecular weight is 373 g/mol. The molecule has 2 rings (SSSR count). The number of methoxy groups -OCH3 is 1. The van der Waals surface area contributed by atoms with Crippen molar-refractivity contribution >= 4 is 33.0 Å². The number of aromatic hydroxyl groups is 1. The summed E-state index contributed by atoms with van der Waals surface area (Å²) in [5.74, 6) is -0.0856. The average Bonchev–Trinajstić information content (AvgIpc) is 2.49. The summed E-state index contributed by atoms with van der Waals surface area (Å²) in [4.78, 5) is 9.94. The molecule has 0 saturated heterocycles. The second-order valence-corrected chi connectivity index (χ2v) is 6.89. The molecule has 0 aromatic heterocycles. The van der Waals surface area contributed by atoms with Crippen LogP contribution in [-0.2, 0) is 10.0 Å². The summed E-state index contributed by atoms with van der Waals surface area (Å²) < 4.78 is 31.9. The molecular formula is C14H13ClN2O6S. The summed E-state index contributed by atoms with van der Waals surface area (Å²) in [5, 5.41) is 20.7. The normalized spacial score (nSPS) is 11.1. The van der Waals surface area contributed by atoms with Gasteiger partial charge in [-0.2, -0.15) is 0 Å². The van der Waals surface area contributed by atoms with Gasteiger partial charge in [-0.15, -0.1) is 0 Å². The monoisotopic (exact) mass is 372 g/mol. The number of nitro benzene ring substituents is 1. The fraction of sp³-hybridized carbons (Fsp3) is 0.143. The van der Waals surface area contributed by atoms with E-state index in [1.807, 2.05) is 0 Å². The molecule has 128 valence electrons. The predicted molar refractivity (Wildman–Crippen MR) is 88.3 cm³/mol. The van der Waals surface area contributed by atoms with Crippen molar-refractivity contribution in [2.45, 2.75) is 11.8 Å². The van der Waals surface area contributed by atoms with E-state index in [1.54, 1.807) is 0 Å². The molecule has 0 radical (unpaired) electrons. The molecule has 0 bridgehead atoms. The zero-order valence-electron chi connectivity index (χ0n) is 12.6. The van der Waals surface area contributed by atoms with E-state index in [-0.39, 0.29) is 32.7 Å². The van der Waals surface area contributed by atoms with E-state index in [1.165, 1.54) is 26.2 Å². The van der Waals surface area contributed by atoms with Crippen molar-refractivity contribution in [3.05, 3.63) is 51.0 Å². The van der Waals surface area contributed by atoms with Crippen LogP contribution in [0.3, 0.4) is 0 Å². The number of nitro groups is 1. The van der Waals surface area contributed by atoms with Gasteiger partial charge < -0.3 is 9.84 Å². The van der Waals surface area contributed by atoms with Crippen LogP contribution in [0.2, 0.25) is 5.02 Å². The van der Waals surface area contributed by atoms with Crippen molar-refractivity contribution < 1.29 is 23.2 Å². The van der Waals surface area contributed by atoms with E-state index in [0.29, 0.717) is 0 Å². The molecule has 0 aliphatic rings. The van der Waals surface area contributed by atoms with Gasteiger partial charge in [-0.3, -0.25) is 14.8 Å². The Morgan fingerprint density at radius 3 is 2.50 bits per heavy atom. The van der Waals surface area contributed by atoms with Crippen LogP contribution in [-0.4, -0.2) is 25.6 Å². The number of phenolic OH excluding ortho intramolecular Hbond substituents is 1. The topological polar surface area (TPSA) is 119 Å². The number of halogens is 1. The van der Waals surface area contributed by atoms with Crippen molar-refractivity contribution in [2.75, 3.05) is 11.8 Å². The largest absolute Gasteiger partial charge is 0.504 e. The van der Waals surface area contributed by atoms with E-state index in [9.17, 15) is 23.6 Å². The second-order valence-electron chi connectivity index (χ2n) is 4.80. The zero-order chi connectivity index (χ0) is 18.1. The van der Waals surface area contributed by atoms with Gasteiger partial charge in [0.2, 0.25) is 0 Å². The number of nitrogens with one attached hydrogen (secondary N) is 1. The maximum atomic E-state index is 12.4. The summed E-state index contributed by atoms with van der Waals surface area (Å²) in [6, 6.07) is 5.95. The SMILES string of the molecule is COc1ccc(NS(=O)(=O)c2cc(Cl)c(C)c([N+](=O)[O-])c2)cc1O. The fourth-order valence-corrected chi connectivity index (χ4v) is 3.33. The number of benzene rings is 2. The number of sulfonamides is 1. The van der Waals surface area contributed by atoms with E-state index in [0.717, 1.165) is 18.2 Å². The smallest absolute Gasteiger partial charge is 0.275 e. The molecule has 0 amide bonds. The van der Waals surface area contributed by atoms with Crippen LogP contribution in [0.4, 0.5) is 11.4 Å². The first-order valence-corrected chi connectivity index (χ1v) is 8.36. The molecule has 0 heterocycles. The minimum atomic E-state index is -4.14. The molecule has 0 unspecified atom stereocenters. The highest BCUT2D eigenvalue weighted by Gasteiger charge is 2.23. The number of anilines is 1. The van der Waals surface area contributed by atoms with Crippen molar-refractivity contribution in [3.63, 3.8) is 0 Å². The number of rotatable bonds is 5. The van der Waals surface area contributed by atoms with Crippen LogP contribution in [0, 0.1) is 17.0 Å². The lowest BCUT2D eigenvalue weighted by Crippen LogP contribution is -2.13. The van der Waals surface area contributed by atoms with Crippen LogP contribution < -0.4 is 9.46 Å². The van der Waals surface area contributed by atoms with Gasteiger partial charge in [0.05, 0.1) is 27.6 Å². The number of hydrogen-bond donors (Lipinski definition) is 2. The van der Waals surface area contributed by atoms with Gasteiger partial charge in [0.25, 0.3) is 15.7 Å². The van der Waals surface area contributed by atoms with Crippen LogP contribution in [0.5, 0.6) is 11.5 Å². The number of ether oxygens (including phenoxy) is 1. The molecule has 2 N–H and O–H groups in total. The van der Waals surface area contributed by atoms with E-state index < -0.39 is 20.6 Å². The highest BCUT2D eigenvalue weighted by molar-refractivity contribution is 7.92. The molecule has 24 heavy (non-hydrogen) atoms. The molecule has 2 aromatic rings. The van der Waals surface area contributed by atoms with Gasteiger partial charge in [0.1, 0.15) is 0 Å². The molecule has 0 spiro atoms. The number of phenols is 1. The third-order valence-corrected chi connectivity index (χ3v) is 4.98. The van der Waals surface area contributed by atoms with E-state index in [4.69, 9.17) is 16.3 Å². The van der Waals surface area contributed by atoms with Crippen molar-refractivity contribution in [1.82, 2.24) is 0 Å². The first kappa shape index (κ1) is 17.8. The molecule has 0 aliphatic heterocycles. The zero-order valence-corrected chi connectivity index (χ0v) is 14.2. The highest BCUT2D eigenvalue weighted by Crippen LogP contribution is 2.32. The Kier molecular flexibility index (Phi) is 4.86. The molecule has 0 atom stereocenters. The second kappa shape index (κ2) is 6.54. The lowest BCUT2D eigenvalue weighted by atomic mass is 10.2. The van der Waals surface area contributed by atoms with Gasteiger partial charge in [0, 0.05) is 17.7 Å². The molecule has 0 aliphatic carbocycles. The predicted octanol–water partition coefficient (Wildman–Crippen LogP) is 3.07. The maximum Gasteiger partial charge on any atom is 0.275 e. The lowest BCUT2D eigenvalue weighted by Gasteiger charge is -2.11. The Hall–Kier alpha value is -2.52. The van der Waals surface area contributed by atoms with Crippen LogP contribution >= 0.6 is 11.6 Å². The van der Waals surface area contributed by atoms with Gasteiger partial charge >= 0.3 is 0 Å². The Morgan fingerprint density at radius 1 is 1.29 bits per heavy atom. The number of hydrogen-bond acceptors (Lipinski definition) is 6. The van der Waals surface area contributed by atoms with Gasteiger partial charge in [-0.25, -0.2) is 8.42 Å². The van der Waals surface area contributed by atoms with Gasteiger partial charge in [0.15, 0.2) is 11.5 Å². The molecular weight excluding hydrogens is 360 g/mol.